The van der Waals surface area contributed by atoms with E-state index in [4.69, 9.17) is 4.99 Å². The number of benzene rings is 5. The van der Waals surface area contributed by atoms with Crippen LogP contribution in [-0.4, -0.2) is 10.4 Å². The molecule has 0 aliphatic carbocycles. The molecule has 1 N–H and O–H groups in total. The molecule has 1 atom stereocenters. The summed E-state index contributed by atoms with van der Waals surface area (Å²) in [7, 11) is 0. The van der Waals surface area contributed by atoms with Gasteiger partial charge in [0.2, 0.25) is 0 Å². The van der Waals surface area contributed by atoms with Gasteiger partial charge in [0.25, 0.3) is 0 Å². The lowest BCUT2D eigenvalue weighted by molar-refractivity contribution is 0.611. The van der Waals surface area contributed by atoms with E-state index in [9.17, 15) is 0 Å². The SMILES string of the molecule is C=C(NC(=NC(C)n1c2ccccc2c2c(N3C=CC=CC3=C)c(C)c(-c3ccccc3)cc21)c1ccccc1)c1ccccc1. The first-order chi connectivity index (χ1) is 22.5. The number of nitrogens with zero attached hydrogens (tertiary/aromatic N) is 3. The average molecular weight is 597 g/mol. The van der Waals surface area contributed by atoms with Gasteiger partial charge < -0.3 is 14.8 Å². The minimum atomic E-state index is -0.257. The monoisotopic (exact) mass is 596 g/mol. The van der Waals surface area contributed by atoms with Gasteiger partial charge in [-0.2, -0.15) is 0 Å². The van der Waals surface area contributed by atoms with Crippen LogP contribution < -0.4 is 10.2 Å². The van der Waals surface area contributed by atoms with E-state index in [-0.39, 0.29) is 6.17 Å². The molecule has 4 heteroatoms. The lowest BCUT2D eigenvalue weighted by atomic mass is 9.95. The van der Waals surface area contributed by atoms with Gasteiger partial charge in [-0.25, -0.2) is 4.99 Å². The molecule has 0 radical (unpaired) electrons. The van der Waals surface area contributed by atoms with Crippen molar-refractivity contribution in [3.8, 4) is 11.1 Å². The summed E-state index contributed by atoms with van der Waals surface area (Å²) in [6.45, 7) is 13.2. The molecule has 4 nitrogen and oxygen atoms in total. The number of nitrogens with one attached hydrogen (secondary N) is 1. The van der Waals surface area contributed by atoms with Crippen molar-refractivity contribution in [3.63, 3.8) is 0 Å². The van der Waals surface area contributed by atoms with Crippen LogP contribution in [0.1, 0.15) is 29.8 Å². The summed E-state index contributed by atoms with van der Waals surface area (Å²) in [6, 6.07) is 42.0. The van der Waals surface area contributed by atoms with E-state index in [2.05, 4.69) is 145 Å². The van der Waals surface area contributed by atoms with Crippen molar-refractivity contribution in [2.45, 2.75) is 20.0 Å². The highest BCUT2D eigenvalue weighted by molar-refractivity contribution is 6.17. The van der Waals surface area contributed by atoms with E-state index in [1.807, 2.05) is 42.5 Å². The van der Waals surface area contributed by atoms with Crippen LogP contribution in [0.25, 0.3) is 38.6 Å². The molecule has 1 aliphatic heterocycles. The van der Waals surface area contributed by atoms with Crippen molar-refractivity contribution in [2.24, 2.45) is 4.99 Å². The zero-order chi connectivity index (χ0) is 31.6. The number of aromatic nitrogens is 1. The van der Waals surface area contributed by atoms with Gasteiger partial charge in [0.15, 0.2) is 0 Å². The van der Waals surface area contributed by atoms with Gasteiger partial charge in [-0.1, -0.05) is 128 Å². The Morgan fingerprint density at radius 3 is 2.09 bits per heavy atom. The van der Waals surface area contributed by atoms with Gasteiger partial charge in [0, 0.05) is 33.9 Å². The van der Waals surface area contributed by atoms with Crippen LogP contribution >= 0.6 is 0 Å². The topological polar surface area (TPSA) is 32.6 Å². The number of anilines is 1. The minimum absolute atomic E-state index is 0.257. The van der Waals surface area contributed by atoms with Crippen LogP contribution in [-0.2, 0) is 0 Å². The van der Waals surface area contributed by atoms with Gasteiger partial charge in [-0.15, -0.1) is 0 Å². The van der Waals surface area contributed by atoms with Gasteiger partial charge in [-0.05, 0) is 60.4 Å². The summed E-state index contributed by atoms with van der Waals surface area (Å²) in [6.07, 6.45) is 8.02. The molecule has 0 bridgehead atoms. The molecule has 5 aromatic carbocycles. The normalized spacial score (nSPS) is 13.8. The van der Waals surface area contributed by atoms with E-state index in [1.54, 1.807) is 0 Å². The molecular formula is C42H36N4. The molecule has 0 saturated carbocycles. The second-order valence-corrected chi connectivity index (χ2v) is 11.6. The number of para-hydroxylation sites is 1. The number of fused-ring (bicyclic) bond motifs is 3. The Hall–Kier alpha value is -5.87. The summed E-state index contributed by atoms with van der Waals surface area (Å²) in [5, 5.41) is 5.92. The van der Waals surface area contributed by atoms with Crippen LogP contribution in [0.2, 0.25) is 0 Å². The molecule has 1 aromatic heterocycles. The van der Waals surface area contributed by atoms with E-state index in [0.717, 1.165) is 45.1 Å². The Labute approximate surface area is 270 Å². The molecular weight excluding hydrogens is 560 g/mol. The summed E-state index contributed by atoms with van der Waals surface area (Å²) in [5.74, 6) is 0.765. The van der Waals surface area contributed by atoms with Crippen LogP contribution in [0.5, 0.6) is 0 Å². The number of hydrogen-bond acceptors (Lipinski definition) is 2. The number of hydrogen-bond donors (Lipinski definition) is 1. The van der Waals surface area contributed by atoms with Crippen molar-refractivity contribution in [1.82, 2.24) is 9.88 Å². The maximum Gasteiger partial charge on any atom is 0.135 e. The van der Waals surface area contributed by atoms with E-state index in [0.29, 0.717) is 0 Å². The highest BCUT2D eigenvalue weighted by Crippen LogP contribution is 2.45. The number of amidine groups is 1. The van der Waals surface area contributed by atoms with Gasteiger partial charge in [-0.3, -0.25) is 0 Å². The first-order valence-electron chi connectivity index (χ1n) is 15.6. The van der Waals surface area contributed by atoms with Crippen LogP contribution in [0.4, 0.5) is 5.69 Å². The first-order valence-corrected chi connectivity index (χ1v) is 15.6. The molecule has 0 amide bonds. The van der Waals surface area contributed by atoms with Gasteiger partial charge in [0.1, 0.15) is 12.0 Å². The molecule has 1 aliphatic rings. The number of allylic oxidation sites excluding steroid dienone is 3. The molecule has 1 unspecified atom stereocenters. The van der Waals surface area contributed by atoms with Crippen molar-refractivity contribution in [3.05, 3.63) is 181 Å². The van der Waals surface area contributed by atoms with Crippen LogP contribution in [0, 0.1) is 6.92 Å². The maximum absolute atomic E-state index is 5.39. The summed E-state index contributed by atoms with van der Waals surface area (Å²) >= 11 is 0. The highest BCUT2D eigenvalue weighted by Gasteiger charge is 2.25. The lowest BCUT2D eigenvalue weighted by Gasteiger charge is -2.27. The zero-order valence-corrected chi connectivity index (χ0v) is 26.2. The fourth-order valence-electron chi connectivity index (χ4n) is 6.43. The molecule has 6 aromatic rings. The van der Waals surface area contributed by atoms with Crippen molar-refractivity contribution in [1.29, 1.82) is 0 Å². The average Bonchev–Trinajstić information content (AvgIpc) is 3.43. The molecule has 0 fully saturated rings. The van der Waals surface area contributed by atoms with Gasteiger partial charge in [0.05, 0.1) is 16.7 Å². The number of aliphatic imine (C=N–C) groups is 1. The Morgan fingerprint density at radius 1 is 0.761 bits per heavy atom. The minimum Gasteiger partial charge on any atom is -0.340 e. The molecule has 2 heterocycles. The predicted octanol–water partition coefficient (Wildman–Crippen LogP) is 10.4. The van der Waals surface area contributed by atoms with Gasteiger partial charge >= 0.3 is 0 Å². The Bertz CT molecular complexity index is 2170. The fourth-order valence-corrected chi connectivity index (χ4v) is 6.43. The summed E-state index contributed by atoms with van der Waals surface area (Å²) in [5.41, 5.74) is 10.7. The lowest BCUT2D eigenvalue weighted by Crippen LogP contribution is -2.24. The Kier molecular flexibility index (Phi) is 7.69. The molecule has 0 saturated heterocycles. The predicted molar refractivity (Wildman–Crippen MR) is 196 cm³/mol. The molecule has 46 heavy (non-hydrogen) atoms. The highest BCUT2D eigenvalue weighted by atomic mass is 15.2. The van der Waals surface area contributed by atoms with E-state index >= 15 is 0 Å². The molecule has 7 rings (SSSR count). The fraction of sp³-hybridized carbons (Fsp3) is 0.0714. The van der Waals surface area contributed by atoms with Crippen molar-refractivity contribution in [2.75, 3.05) is 4.90 Å². The molecule has 0 spiro atoms. The summed E-state index contributed by atoms with van der Waals surface area (Å²) < 4.78 is 2.36. The van der Waals surface area contributed by atoms with E-state index in [1.165, 1.54) is 27.5 Å². The maximum atomic E-state index is 5.39. The van der Waals surface area contributed by atoms with Crippen LogP contribution in [0.3, 0.4) is 0 Å². The van der Waals surface area contributed by atoms with Crippen molar-refractivity contribution < 1.29 is 0 Å². The smallest absolute Gasteiger partial charge is 0.135 e. The largest absolute Gasteiger partial charge is 0.340 e. The number of rotatable bonds is 7. The Morgan fingerprint density at radius 2 is 1.39 bits per heavy atom. The third-order valence-electron chi connectivity index (χ3n) is 8.62. The third-order valence-corrected chi connectivity index (χ3v) is 8.62. The second kappa shape index (κ2) is 12.3. The summed E-state index contributed by atoms with van der Waals surface area (Å²) in [4.78, 5) is 7.61. The third kappa shape index (κ3) is 5.24. The van der Waals surface area contributed by atoms with E-state index < -0.39 is 0 Å². The standard InChI is InChI=1S/C42H36N4/c1-29-18-16-17-27-45(29)41-30(2)37(34-21-10-6-11-22-34)28-39-40(41)36-25-14-15-26-38(36)46(39)32(4)44-42(35-23-12-7-13-24-35)43-31(3)33-19-8-5-9-20-33/h5-28,32H,1,3H2,2,4H3,(H,43,44). The van der Waals surface area contributed by atoms with Crippen molar-refractivity contribution >= 4 is 39.0 Å². The Balaban J connectivity index is 1.48. The van der Waals surface area contributed by atoms with Crippen LogP contribution in [0.15, 0.2) is 170 Å². The second-order valence-electron chi connectivity index (χ2n) is 11.6. The quantitative estimate of drug-likeness (QED) is 0.147. The molecule has 224 valence electrons. The first kappa shape index (κ1) is 28.9. The zero-order valence-electron chi connectivity index (χ0n) is 26.2.